The summed E-state index contributed by atoms with van der Waals surface area (Å²) in [5, 5.41) is 8.68. The average Bonchev–Trinajstić information content (AvgIpc) is 2.91. The molecule has 0 amide bonds. The molecule has 4 rings (SSSR count). The first-order valence-electron chi connectivity index (χ1n) is 11.7. The zero-order chi connectivity index (χ0) is 25.3. The maximum absolute atomic E-state index is 4.34. The van der Waals surface area contributed by atoms with E-state index in [0.29, 0.717) is 0 Å². The maximum Gasteiger partial charge on any atom is 0.0857 e. The fraction of sp³-hybridized carbons (Fsp3) is 0.125. The van der Waals surface area contributed by atoms with Crippen molar-refractivity contribution in [1.29, 1.82) is 0 Å². The van der Waals surface area contributed by atoms with Gasteiger partial charge in [-0.3, -0.25) is 0 Å². The van der Waals surface area contributed by atoms with Crippen molar-refractivity contribution in [1.82, 2.24) is 0 Å². The molecular weight excluding hydrogens is 440 g/mol. The number of anilines is 2. The van der Waals surface area contributed by atoms with Crippen LogP contribution in [0.1, 0.15) is 22.3 Å². The SMILES string of the molecule is CN(C)c1ccc(C#Cc2ccc(N=Nc3ccc(C#Cc4ccc(N(C)C)cc4)cc3)cc2)cc1. The Balaban J connectivity index is 1.35. The van der Waals surface area contributed by atoms with Crippen molar-refractivity contribution in [3.8, 4) is 23.7 Å². The first-order valence-corrected chi connectivity index (χ1v) is 11.7. The molecule has 0 atom stereocenters. The van der Waals surface area contributed by atoms with E-state index in [0.717, 1.165) is 45.0 Å². The summed E-state index contributed by atoms with van der Waals surface area (Å²) in [5.74, 6) is 12.8. The summed E-state index contributed by atoms with van der Waals surface area (Å²) in [4.78, 5) is 4.14. The number of hydrogen-bond donors (Lipinski definition) is 0. The Morgan fingerprint density at radius 2 is 0.639 bits per heavy atom. The molecule has 0 aliphatic rings. The normalized spacial score (nSPS) is 10.2. The van der Waals surface area contributed by atoms with Gasteiger partial charge >= 0.3 is 0 Å². The van der Waals surface area contributed by atoms with Gasteiger partial charge in [-0.2, -0.15) is 10.2 Å². The highest BCUT2D eigenvalue weighted by Crippen LogP contribution is 2.19. The Hall–Kier alpha value is -4.80. The molecule has 176 valence electrons. The van der Waals surface area contributed by atoms with Gasteiger partial charge in [-0.25, -0.2) is 0 Å². The highest BCUT2D eigenvalue weighted by atomic mass is 15.1. The highest BCUT2D eigenvalue weighted by Gasteiger charge is 1.96. The summed E-state index contributed by atoms with van der Waals surface area (Å²) in [6, 6.07) is 31.9. The van der Waals surface area contributed by atoms with Crippen LogP contribution in [0.4, 0.5) is 22.7 Å². The van der Waals surface area contributed by atoms with Crippen LogP contribution in [0, 0.1) is 23.7 Å². The van der Waals surface area contributed by atoms with Crippen molar-refractivity contribution < 1.29 is 0 Å². The second-order valence-corrected chi connectivity index (χ2v) is 8.68. The molecule has 0 aliphatic heterocycles. The fourth-order valence-electron chi connectivity index (χ4n) is 3.31. The summed E-state index contributed by atoms with van der Waals surface area (Å²) in [5.41, 5.74) is 7.71. The molecule has 0 radical (unpaired) electrons. The molecule has 4 aromatic rings. The van der Waals surface area contributed by atoms with Gasteiger partial charge in [0.05, 0.1) is 11.4 Å². The summed E-state index contributed by atoms with van der Waals surface area (Å²) >= 11 is 0. The van der Waals surface area contributed by atoms with E-state index in [1.165, 1.54) is 0 Å². The van der Waals surface area contributed by atoms with Gasteiger partial charge in [0.15, 0.2) is 0 Å². The van der Waals surface area contributed by atoms with Gasteiger partial charge in [0, 0.05) is 61.8 Å². The van der Waals surface area contributed by atoms with Crippen LogP contribution in [-0.4, -0.2) is 28.2 Å². The lowest BCUT2D eigenvalue weighted by molar-refractivity contribution is 1.13. The van der Waals surface area contributed by atoms with E-state index < -0.39 is 0 Å². The van der Waals surface area contributed by atoms with Crippen molar-refractivity contribution in [3.63, 3.8) is 0 Å². The third-order valence-electron chi connectivity index (χ3n) is 5.49. The Labute approximate surface area is 213 Å². The molecule has 0 N–H and O–H groups in total. The number of nitrogens with zero attached hydrogens (tertiary/aromatic N) is 4. The highest BCUT2D eigenvalue weighted by molar-refractivity contribution is 5.53. The lowest BCUT2D eigenvalue weighted by Gasteiger charge is -2.11. The van der Waals surface area contributed by atoms with Crippen molar-refractivity contribution in [2.45, 2.75) is 0 Å². The quantitative estimate of drug-likeness (QED) is 0.238. The molecular formula is C32H28N4. The molecule has 0 fully saturated rings. The summed E-state index contributed by atoms with van der Waals surface area (Å²) in [6.45, 7) is 0. The van der Waals surface area contributed by atoms with E-state index in [4.69, 9.17) is 0 Å². The number of rotatable bonds is 4. The molecule has 4 nitrogen and oxygen atoms in total. The topological polar surface area (TPSA) is 31.2 Å². The van der Waals surface area contributed by atoms with Gasteiger partial charge in [-0.1, -0.05) is 23.7 Å². The Kier molecular flexibility index (Phi) is 7.81. The van der Waals surface area contributed by atoms with Gasteiger partial charge in [0.25, 0.3) is 0 Å². The molecule has 36 heavy (non-hydrogen) atoms. The van der Waals surface area contributed by atoms with Crippen LogP contribution in [0.2, 0.25) is 0 Å². The number of benzene rings is 4. The van der Waals surface area contributed by atoms with Crippen LogP contribution in [0.25, 0.3) is 0 Å². The van der Waals surface area contributed by atoms with Crippen molar-refractivity contribution in [2.24, 2.45) is 10.2 Å². The van der Waals surface area contributed by atoms with E-state index in [9.17, 15) is 0 Å². The Morgan fingerprint density at radius 3 is 0.889 bits per heavy atom. The van der Waals surface area contributed by atoms with Crippen molar-refractivity contribution >= 4 is 22.7 Å². The van der Waals surface area contributed by atoms with Crippen LogP contribution >= 0.6 is 0 Å². The second kappa shape index (κ2) is 11.6. The third-order valence-corrected chi connectivity index (χ3v) is 5.49. The molecule has 0 saturated heterocycles. The molecule has 0 spiro atoms. The number of azo groups is 1. The fourth-order valence-corrected chi connectivity index (χ4v) is 3.31. The van der Waals surface area contributed by atoms with E-state index in [2.05, 4.69) is 68.0 Å². The standard InChI is InChI=1S/C32H28N4/c1-35(2)31-21-13-27(14-22-31)7-5-25-9-17-29(18-10-25)33-34-30-19-11-26(12-20-30)6-8-28-15-23-32(24-16-28)36(3)4/h9-24H,1-4H3. The smallest absolute Gasteiger partial charge is 0.0857 e. The van der Waals surface area contributed by atoms with E-state index >= 15 is 0 Å². The van der Waals surface area contributed by atoms with E-state index in [1.54, 1.807) is 0 Å². The largest absolute Gasteiger partial charge is 0.378 e. The van der Waals surface area contributed by atoms with Gasteiger partial charge in [-0.05, 0) is 97.1 Å². The predicted molar refractivity (Wildman–Crippen MR) is 151 cm³/mol. The van der Waals surface area contributed by atoms with E-state index in [-0.39, 0.29) is 0 Å². The predicted octanol–water partition coefficient (Wildman–Crippen LogP) is 7.03. The number of hydrogen-bond acceptors (Lipinski definition) is 4. The first kappa shape index (κ1) is 24.3. The molecule has 0 unspecified atom stereocenters. The molecule has 4 heteroatoms. The summed E-state index contributed by atoms with van der Waals surface area (Å²) < 4.78 is 0. The van der Waals surface area contributed by atoms with Crippen LogP contribution in [0.15, 0.2) is 107 Å². The van der Waals surface area contributed by atoms with Gasteiger partial charge in [0.2, 0.25) is 0 Å². The first-order chi connectivity index (χ1) is 17.5. The monoisotopic (exact) mass is 468 g/mol. The minimum absolute atomic E-state index is 0.779. The van der Waals surface area contributed by atoms with Gasteiger partial charge in [-0.15, -0.1) is 0 Å². The Morgan fingerprint density at radius 1 is 0.389 bits per heavy atom. The summed E-state index contributed by atoms with van der Waals surface area (Å²) in [6.07, 6.45) is 0. The third kappa shape index (κ3) is 6.86. The summed E-state index contributed by atoms with van der Waals surface area (Å²) in [7, 11) is 8.10. The van der Waals surface area contributed by atoms with Crippen LogP contribution in [0.5, 0.6) is 0 Å². The molecule has 0 heterocycles. The second-order valence-electron chi connectivity index (χ2n) is 8.68. The van der Waals surface area contributed by atoms with Crippen molar-refractivity contribution in [2.75, 3.05) is 38.0 Å². The average molecular weight is 469 g/mol. The minimum Gasteiger partial charge on any atom is -0.378 e. The minimum atomic E-state index is 0.779. The van der Waals surface area contributed by atoms with Crippen LogP contribution in [-0.2, 0) is 0 Å². The lowest BCUT2D eigenvalue weighted by atomic mass is 10.1. The van der Waals surface area contributed by atoms with E-state index in [1.807, 2.05) is 101 Å². The van der Waals surface area contributed by atoms with Crippen LogP contribution < -0.4 is 9.80 Å². The molecule has 0 bridgehead atoms. The molecule has 4 aromatic carbocycles. The molecule has 0 aromatic heterocycles. The van der Waals surface area contributed by atoms with Crippen LogP contribution in [0.3, 0.4) is 0 Å². The molecule has 0 aliphatic carbocycles. The van der Waals surface area contributed by atoms with Gasteiger partial charge in [0.1, 0.15) is 0 Å². The maximum atomic E-state index is 4.34. The molecule has 0 saturated carbocycles. The lowest BCUT2D eigenvalue weighted by Crippen LogP contribution is -2.07. The van der Waals surface area contributed by atoms with Gasteiger partial charge < -0.3 is 9.80 Å². The van der Waals surface area contributed by atoms with Crippen molar-refractivity contribution in [3.05, 3.63) is 119 Å². The Bertz CT molecular complexity index is 1320. The zero-order valence-corrected chi connectivity index (χ0v) is 21.0. The zero-order valence-electron chi connectivity index (χ0n) is 21.0.